The minimum atomic E-state index is -0.580. The fourth-order valence-corrected chi connectivity index (χ4v) is 4.24. The van der Waals surface area contributed by atoms with Crippen LogP contribution >= 0.6 is 11.6 Å². The average Bonchev–Trinajstić information content (AvgIpc) is 3.19. The molecule has 0 atom stereocenters. The molecule has 0 unspecified atom stereocenters. The molecule has 8 heteroatoms. The first-order valence-corrected chi connectivity index (χ1v) is 11.2. The molecule has 1 aliphatic rings. The van der Waals surface area contributed by atoms with Gasteiger partial charge in [-0.2, -0.15) is 0 Å². The molecule has 1 fully saturated rings. The third kappa shape index (κ3) is 4.50. The molecule has 1 aromatic heterocycles. The molecular formula is C25H25ClFN3O3. The second-order valence-electron chi connectivity index (χ2n) is 8.42. The first-order valence-electron chi connectivity index (χ1n) is 10.9. The van der Waals surface area contributed by atoms with Gasteiger partial charge >= 0.3 is 0 Å². The van der Waals surface area contributed by atoms with Gasteiger partial charge in [-0.25, -0.2) is 4.39 Å². The van der Waals surface area contributed by atoms with Crippen molar-refractivity contribution in [2.24, 2.45) is 0 Å². The summed E-state index contributed by atoms with van der Waals surface area (Å²) in [4.78, 5) is 29.6. The van der Waals surface area contributed by atoms with Gasteiger partial charge in [0.05, 0.1) is 10.6 Å². The van der Waals surface area contributed by atoms with Crippen LogP contribution in [0.4, 0.5) is 4.39 Å². The van der Waals surface area contributed by atoms with Gasteiger partial charge < -0.3 is 14.3 Å². The van der Waals surface area contributed by atoms with Crippen LogP contribution in [0, 0.1) is 12.7 Å². The number of benzene rings is 2. The summed E-state index contributed by atoms with van der Waals surface area (Å²) in [5.41, 5.74) is 2.12. The van der Waals surface area contributed by atoms with Crippen molar-refractivity contribution in [2.45, 2.75) is 26.7 Å². The van der Waals surface area contributed by atoms with E-state index in [4.69, 9.17) is 16.1 Å². The van der Waals surface area contributed by atoms with Crippen molar-refractivity contribution in [2.75, 3.05) is 26.2 Å². The zero-order valence-corrected chi connectivity index (χ0v) is 19.5. The lowest BCUT2D eigenvalue weighted by molar-refractivity contribution is 0.0534. The van der Waals surface area contributed by atoms with E-state index in [-0.39, 0.29) is 39.4 Å². The Morgan fingerprint density at radius 3 is 2.18 bits per heavy atom. The summed E-state index contributed by atoms with van der Waals surface area (Å²) in [6.45, 7) is 7.32. The Labute approximate surface area is 196 Å². The fourth-order valence-electron chi connectivity index (χ4n) is 3.98. The smallest absolute Gasteiger partial charge is 0.259 e. The molecule has 2 amide bonds. The van der Waals surface area contributed by atoms with Crippen molar-refractivity contribution in [3.8, 4) is 11.3 Å². The molecule has 0 saturated carbocycles. The Balaban J connectivity index is 1.48. The van der Waals surface area contributed by atoms with Crippen LogP contribution in [0.1, 0.15) is 51.8 Å². The summed E-state index contributed by atoms with van der Waals surface area (Å²) in [5.74, 6) is -0.274. The van der Waals surface area contributed by atoms with Gasteiger partial charge in [-0.15, -0.1) is 0 Å². The minimum Gasteiger partial charge on any atom is -0.360 e. The monoisotopic (exact) mass is 469 g/mol. The Morgan fingerprint density at radius 1 is 1.00 bits per heavy atom. The van der Waals surface area contributed by atoms with E-state index in [0.29, 0.717) is 37.7 Å². The summed E-state index contributed by atoms with van der Waals surface area (Å²) in [5, 5.41) is 4.06. The van der Waals surface area contributed by atoms with Crippen LogP contribution < -0.4 is 0 Å². The van der Waals surface area contributed by atoms with Gasteiger partial charge in [0.1, 0.15) is 22.8 Å². The summed E-state index contributed by atoms with van der Waals surface area (Å²) in [6, 6.07) is 11.9. The maximum atomic E-state index is 14.5. The number of nitrogens with zero attached hydrogens (tertiary/aromatic N) is 3. The van der Waals surface area contributed by atoms with Gasteiger partial charge in [-0.05, 0) is 42.7 Å². The molecule has 0 N–H and O–H groups in total. The number of aryl methyl sites for hydroxylation is 1. The van der Waals surface area contributed by atoms with Crippen LogP contribution in [0.5, 0.6) is 0 Å². The number of piperazine rings is 1. The van der Waals surface area contributed by atoms with Gasteiger partial charge in [0.25, 0.3) is 11.8 Å². The molecule has 3 aromatic rings. The summed E-state index contributed by atoms with van der Waals surface area (Å²) >= 11 is 6.18. The standard InChI is InChI=1S/C25H25ClFN3O3/c1-15(2)17-7-9-18(10-8-17)24(31)29-11-13-30(14-12-29)25(32)21-16(3)33-28-23(21)22-19(26)5-4-6-20(22)27/h4-10,15H,11-14H2,1-3H3. The van der Waals surface area contributed by atoms with Gasteiger partial charge in [-0.1, -0.05) is 48.8 Å². The summed E-state index contributed by atoms with van der Waals surface area (Å²) in [6.07, 6.45) is 0. The Morgan fingerprint density at radius 2 is 1.61 bits per heavy atom. The maximum absolute atomic E-state index is 14.5. The number of hydrogen-bond donors (Lipinski definition) is 0. The number of hydrogen-bond acceptors (Lipinski definition) is 4. The van der Waals surface area contributed by atoms with E-state index in [2.05, 4.69) is 19.0 Å². The van der Waals surface area contributed by atoms with Crippen LogP contribution in [0.2, 0.25) is 5.02 Å². The summed E-state index contributed by atoms with van der Waals surface area (Å²) in [7, 11) is 0. The second-order valence-corrected chi connectivity index (χ2v) is 8.83. The minimum absolute atomic E-state index is 0.0398. The molecule has 4 rings (SSSR count). The Kier molecular flexibility index (Phi) is 6.51. The predicted molar refractivity (Wildman–Crippen MR) is 124 cm³/mol. The number of halogens is 2. The van der Waals surface area contributed by atoms with Crippen molar-refractivity contribution in [3.05, 3.63) is 75.8 Å². The van der Waals surface area contributed by atoms with E-state index in [1.54, 1.807) is 16.7 Å². The number of carbonyl (C=O) groups is 2. The number of aromatic nitrogens is 1. The van der Waals surface area contributed by atoms with Crippen LogP contribution in [-0.4, -0.2) is 52.9 Å². The molecule has 0 spiro atoms. The van der Waals surface area contributed by atoms with Gasteiger partial charge in [0, 0.05) is 31.7 Å². The Bertz CT molecular complexity index is 1160. The van der Waals surface area contributed by atoms with Crippen molar-refractivity contribution in [3.63, 3.8) is 0 Å². The molecule has 2 heterocycles. The second kappa shape index (κ2) is 9.35. The topological polar surface area (TPSA) is 66.7 Å². The number of rotatable bonds is 4. The highest BCUT2D eigenvalue weighted by Crippen LogP contribution is 2.34. The molecule has 33 heavy (non-hydrogen) atoms. The van der Waals surface area contributed by atoms with E-state index in [0.717, 1.165) is 0 Å². The van der Waals surface area contributed by atoms with Gasteiger partial charge in [0.15, 0.2) is 0 Å². The highest BCUT2D eigenvalue weighted by Gasteiger charge is 2.31. The Hall–Kier alpha value is -3.19. The van der Waals surface area contributed by atoms with E-state index < -0.39 is 5.82 Å². The quantitative estimate of drug-likeness (QED) is 0.529. The van der Waals surface area contributed by atoms with Crippen molar-refractivity contribution < 1.29 is 18.5 Å². The first-order chi connectivity index (χ1) is 15.8. The largest absolute Gasteiger partial charge is 0.360 e. The molecule has 6 nitrogen and oxygen atoms in total. The molecule has 2 aromatic carbocycles. The van der Waals surface area contributed by atoms with Crippen molar-refractivity contribution >= 4 is 23.4 Å². The van der Waals surface area contributed by atoms with Gasteiger partial charge in [0.2, 0.25) is 0 Å². The van der Waals surface area contributed by atoms with Crippen molar-refractivity contribution in [1.29, 1.82) is 0 Å². The first kappa shape index (κ1) is 23.0. The lowest BCUT2D eigenvalue weighted by atomic mass is 10.0. The normalized spacial score (nSPS) is 14.1. The van der Waals surface area contributed by atoms with Crippen LogP contribution in [0.15, 0.2) is 47.0 Å². The van der Waals surface area contributed by atoms with E-state index in [9.17, 15) is 14.0 Å². The highest BCUT2D eigenvalue weighted by atomic mass is 35.5. The van der Waals surface area contributed by atoms with Gasteiger partial charge in [-0.3, -0.25) is 9.59 Å². The third-order valence-corrected chi connectivity index (χ3v) is 6.27. The van der Waals surface area contributed by atoms with Crippen LogP contribution in [0.3, 0.4) is 0 Å². The predicted octanol–water partition coefficient (Wildman–Crippen LogP) is 5.16. The fraction of sp³-hybridized carbons (Fsp3) is 0.320. The average molecular weight is 470 g/mol. The highest BCUT2D eigenvalue weighted by molar-refractivity contribution is 6.33. The zero-order chi connectivity index (χ0) is 23.7. The van der Waals surface area contributed by atoms with Crippen molar-refractivity contribution in [1.82, 2.24) is 15.0 Å². The molecule has 0 radical (unpaired) electrons. The van der Waals surface area contributed by atoms with Crippen LogP contribution in [-0.2, 0) is 0 Å². The maximum Gasteiger partial charge on any atom is 0.259 e. The lowest BCUT2D eigenvalue weighted by Crippen LogP contribution is -2.50. The van der Waals surface area contributed by atoms with E-state index in [1.807, 2.05) is 24.3 Å². The van der Waals surface area contributed by atoms with E-state index >= 15 is 0 Å². The summed E-state index contributed by atoms with van der Waals surface area (Å²) < 4.78 is 19.7. The van der Waals surface area contributed by atoms with Crippen LogP contribution in [0.25, 0.3) is 11.3 Å². The molecule has 1 aliphatic heterocycles. The molecule has 0 aliphatic carbocycles. The molecule has 1 saturated heterocycles. The van der Waals surface area contributed by atoms with E-state index in [1.165, 1.54) is 23.8 Å². The number of amides is 2. The molecular weight excluding hydrogens is 445 g/mol. The number of carbonyl (C=O) groups excluding carboxylic acids is 2. The molecule has 172 valence electrons. The molecule has 0 bridgehead atoms. The lowest BCUT2D eigenvalue weighted by Gasteiger charge is -2.34. The SMILES string of the molecule is Cc1onc(-c2c(F)cccc2Cl)c1C(=O)N1CCN(C(=O)c2ccc(C(C)C)cc2)CC1. The third-order valence-electron chi connectivity index (χ3n) is 5.95. The zero-order valence-electron chi connectivity index (χ0n) is 18.8.